The molecule has 2 atom stereocenters. The molecule has 5 nitrogen and oxygen atoms in total. The van der Waals surface area contributed by atoms with Crippen molar-refractivity contribution in [1.29, 1.82) is 0 Å². The van der Waals surface area contributed by atoms with Gasteiger partial charge < -0.3 is 19.5 Å². The molecule has 0 amide bonds. The standard InChI is InChI=1S/C30H39N3O2/c1-20-7-10-26(25-11-8-24(9-12-25)18-32(5)6)17-29(20)33(27-13-14-35-23(4)16-27)19-28-21(2)15-22(3)31-30(28)34/h7-12,15,17,23,27H,13-14,16,18-19H2,1-6H3,(H,31,34). The Morgan fingerprint density at radius 3 is 2.31 bits per heavy atom. The zero-order valence-corrected chi connectivity index (χ0v) is 22.0. The van der Waals surface area contributed by atoms with Gasteiger partial charge in [0.05, 0.1) is 6.10 Å². The van der Waals surface area contributed by atoms with Gasteiger partial charge in [-0.1, -0.05) is 36.4 Å². The Morgan fingerprint density at radius 2 is 1.66 bits per heavy atom. The summed E-state index contributed by atoms with van der Waals surface area (Å²) >= 11 is 0. The monoisotopic (exact) mass is 473 g/mol. The maximum absolute atomic E-state index is 12.9. The number of H-pyrrole nitrogens is 1. The van der Waals surface area contributed by atoms with E-state index in [-0.39, 0.29) is 11.7 Å². The van der Waals surface area contributed by atoms with Crippen LogP contribution in [0.3, 0.4) is 0 Å². The van der Waals surface area contributed by atoms with Gasteiger partial charge in [-0.3, -0.25) is 4.79 Å². The van der Waals surface area contributed by atoms with Crippen LogP contribution in [0, 0.1) is 20.8 Å². The number of nitrogens with one attached hydrogen (secondary N) is 1. The summed E-state index contributed by atoms with van der Waals surface area (Å²) in [5.74, 6) is 0. The largest absolute Gasteiger partial charge is 0.378 e. The fourth-order valence-corrected chi connectivity index (χ4v) is 5.18. The number of aromatic nitrogens is 1. The van der Waals surface area contributed by atoms with Crippen LogP contribution in [0.5, 0.6) is 0 Å². The van der Waals surface area contributed by atoms with E-state index in [0.29, 0.717) is 12.6 Å². The molecule has 1 fully saturated rings. The lowest BCUT2D eigenvalue weighted by Crippen LogP contribution is -2.43. The van der Waals surface area contributed by atoms with Gasteiger partial charge in [0.15, 0.2) is 0 Å². The van der Waals surface area contributed by atoms with Crippen LogP contribution in [0.4, 0.5) is 5.69 Å². The number of aryl methyl sites for hydroxylation is 3. The molecule has 186 valence electrons. The highest BCUT2D eigenvalue weighted by atomic mass is 16.5. The van der Waals surface area contributed by atoms with Crippen molar-refractivity contribution in [3.63, 3.8) is 0 Å². The molecule has 0 radical (unpaired) electrons. The molecule has 1 saturated heterocycles. The third-order valence-electron chi connectivity index (χ3n) is 7.03. The normalized spacial score (nSPS) is 18.1. The first-order chi connectivity index (χ1) is 16.7. The number of hydrogen-bond donors (Lipinski definition) is 1. The number of ether oxygens (including phenoxy) is 1. The Balaban J connectivity index is 1.73. The van der Waals surface area contributed by atoms with Crippen molar-refractivity contribution in [2.75, 3.05) is 25.6 Å². The summed E-state index contributed by atoms with van der Waals surface area (Å²) in [7, 11) is 4.18. The first kappa shape index (κ1) is 25.2. The van der Waals surface area contributed by atoms with Gasteiger partial charge in [-0.2, -0.15) is 0 Å². The first-order valence-electron chi connectivity index (χ1n) is 12.6. The highest BCUT2D eigenvalue weighted by Gasteiger charge is 2.28. The van der Waals surface area contributed by atoms with Crippen molar-refractivity contribution in [2.24, 2.45) is 0 Å². The van der Waals surface area contributed by atoms with Crippen LogP contribution in [0.1, 0.15) is 47.7 Å². The van der Waals surface area contributed by atoms with Gasteiger partial charge in [0.25, 0.3) is 5.56 Å². The van der Waals surface area contributed by atoms with Gasteiger partial charge in [0, 0.05) is 42.7 Å². The van der Waals surface area contributed by atoms with Crippen LogP contribution in [0.2, 0.25) is 0 Å². The molecule has 2 unspecified atom stereocenters. The summed E-state index contributed by atoms with van der Waals surface area (Å²) in [4.78, 5) is 20.6. The summed E-state index contributed by atoms with van der Waals surface area (Å²) in [6.45, 7) is 10.6. The van der Waals surface area contributed by atoms with Gasteiger partial charge >= 0.3 is 0 Å². The van der Waals surface area contributed by atoms with E-state index in [9.17, 15) is 4.79 Å². The van der Waals surface area contributed by atoms with E-state index in [0.717, 1.165) is 42.8 Å². The fourth-order valence-electron chi connectivity index (χ4n) is 5.18. The maximum Gasteiger partial charge on any atom is 0.253 e. The number of anilines is 1. The molecular formula is C30H39N3O2. The summed E-state index contributed by atoms with van der Waals surface area (Å²) in [6.07, 6.45) is 2.11. The highest BCUT2D eigenvalue weighted by Crippen LogP contribution is 2.33. The minimum Gasteiger partial charge on any atom is -0.378 e. The average molecular weight is 474 g/mol. The second-order valence-electron chi connectivity index (χ2n) is 10.4. The van der Waals surface area contributed by atoms with Crippen molar-refractivity contribution in [2.45, 2.75) is 65.8 Å². The molecule has 0 spiro atoms. The Bertz CT molecular complexity index is 1210. The third kappa shape index (κ3) is 6.03. The van der Waals surface area contributed by atoms with E-state index in [1.807, 2.05) is 13.8 Å². The smallest absolute Gasteiger partial charge is 0.253 e. The van der Waals surface area contributed by atoms with Crippen LogP contribution >= 0.6 is 0 Å². The second-order valence-corrected chi connectivity index (χ2v) is 10.4. The van der Waals surface area contributed by atoms with Gasteiger partial charge in [0.2, 0.25) is 0 Å². The van der Waals surface area contributed by atoms with E-state index in [1.165, 1.54) is 27.9 Å². The van der Waals surface area contributed by atoms with Crippen LogP contribution in [0.25, 0.3) is 11.1 Å². The van der Waals surface area contributed by atoms with Crippen LogP contribution < -0.4 is 10.5 Å². The van der Waals surface area contributed by atoms with Crippen molar-refractivity contribution in [1.82, 2.24) is 9.88 Å². The van der Waals surface area contributed by atoms with E-state index in [1.54, 1.807) is 0 Å². The molecule has 4 rings (SSSR count). The minimum absolute atomic E-state index is 0.0119. The van der Waals surface area contributed by atoms with Crippen molar-refractivity contribution >= 4 is 5.69 Å². The lowest BCUT2D eigenvalue weighted by Gasteiger charge is -2.39. The van der Waals surface area contributed by atoms with Crippen LogP contribution in [-0.2, 0) is 17.8 Å². The molecule has 1 aliphatic heterocycles. The molecule has 1 N–H and O–H groups in total. The molecule has 3 aromatic rings. The molecule has 1 aliphatic rings. The first-order valence-corrected chi connectivity index (χ1v) is 12.6. The Hall–Kier alpha value is -2.89. The van der Waals surface area contributed by atoms with E-state index in [4.69, 9.17) is 4.74 Å². The number of nitrogens with zero attached hydrogens (tertiary/aromatic N) is 2. The molecular weight excluding hydrogens is 434 g/mol. The average Bonchev–Trinajstić information content (AvgIpc) is 2.79. The van der Waals surface area contributed by atoms with Crippen molar-refractivity contribution in [3.05, 3.63) is 86.8 Å². The summed E-state index contributed by atoms with van der Waals surface area (Å²) in [5, 5.41) is 0. The third-order valence-corrected chi connectivity index (χ3v) is 7.03. The maximum atomic E-state index is 12.9. The van der Waals surface area contributed by atoms with E-state index in [2.05, 4.69) is 91.3 Å². The Labute approximate surface area is 209 Å². The molecule has 2 aromatic carbocycles. The summed E-state index contributed by atoms with van der Waals surface area (Å²) in [6, 6.07) is 17.9. The predicted molar refractivity (Wildman–Crippen MR) is 145 cm³/mol. The van der Waals surface area contributed by atoms with Gasteiger partial charge in [-0.15, -0.1) is 0 Å². The number of aromatic amines is 1. The number of benzene rings is 2. The van der Waals surface area contributed by atoms with Crippen molar-refractivity contribution < 1.29 is 4.74 Å². The molecule has 1 aromatic heterocycles. The van der Waals surface area contributed by atoms with Gasteiger partial charge in [-0.05, 0) is 94.6 Å². The lowest BCUT2D eigenvalue weighted by molar-refractivity contribution is 0.0181. The summed E-state index contributed by atoms with van der Waals surface area (Å²) in [5.41, 5.74) is 8.92. The molecule has 0 bridgehead atoms. The van der Waals surface area contributed by atoms with E-state index < -0.39 is 0 Å². The topological polar surface area (TPSA) is 48.6 Å². The highest BCUT2D eigenvalue weighted by molar-refractivity contribution is 5.71. The number of hydrogen-bond acceptors (Lipinski definition) is 4. The molecule has 0 saturated carbocycles. The predicted octanol–water partition coefficient (Wildman–Crippen LogP) is 5.60. The van der Waals surface area contributed by atoms with E-state index >= 15 is 0 Å². The van der Waals surface area contributed by atoms with Crippen LogP contribution in [-0.4, -0.2) is 42.7 Å². The number of rotatable bonds is 7. The zero-order valence-electron chi connectivity index (χ0n) is 22.0. The number of pyridine rings is 1. The van der Waals surface area contributed by atoms with Crippen LogP contribution in [0.15, 0.2) is 53.3 Å². The molecule has 0 aliphatic carbocycles. The molecule has 35 heavy (non-hydrogen) atoms. The second kappa shape index (κ2) is 10.8. The summed E-state index contributed by atoms with van der Waals surface area (Å²) < 4.78 is 5.87. The van der Waals surface area contributed by atoms with Gasteiger partial charge in [-0.25, -0.2) is 0 Å². The SMILES string of the molecule is Cc1cc(C)c(CN(c2cc(-c3ccc(CN(C)C)cc3)ccc2C)C2CCOC(C)C2)c(=O)[nH]1. The quantitative estimate of drug-likeness (QED) is 0.485. The van der Waals surface area contributed by atoms with Gasteiger partial charge in [0.1, 0.15) is 0 Å². The lowest BCUT2D eigenvalue weighted by atomic mass is 9.96. The Kier molecular flexibility index (Phi) is 7.78. The molecule has 5 heteroatoms. The fraction of sp³-hybridized carbons (Fsp3) is 0.433. The minimum atomic E-state index is 0.0119. The van der Waals surface area contributed by atoms with Crippen molar-refractivity contribution in [3.8, 4) is 11.1 Å². The zero-order chi connectivity index (χ0) is 25.1. The molecule has 2 heterocycles. The Morgan fingerprint density at radius 1 is 0.943 bits per heavy atom.